The van der Waals surface area contributed by atoms with E-state index in [1.54, 1.807) is 22.9 Å². The van der Waals surface area contributed by atoms with Crippen molar-refractivity contribution in [3.05, 3.63) is 23.8 Å². The van der Waals surface area contributed by atoms with Crippen LogP contribution in [0.5, 0.6) is 0 Å². The Morgan fingerprint density at radius 3 is 2.75 bits per heavy atom. The van der Waals surface area contributed by atoms with Gasteiger partial charge in [0.2, 0.25) is 0 Å². The molecule has 0 aliphatic carbocycles. The van der Waals surface area contributed by atoms with Gasteiger partial charge in [0.05, 0.1) is 11.1 Å². The van der Waals surface area contributed by atoms with Crippen molar-refractivity contribution in [2.24, 2.45) is 0 Å². The number of nitrogens with zero attached hydrogens (tertiary/aromatic N) is 4. The zero-order valence-corrected chi connectivity index (χ0v) is 11.9. The lowest BCUT2D eigenvalue weighted by Crippen LogP contribution is -2.25. The lowest BCUT2D eigenvalue weighted by Gasteiger charge is -2.17. The molecule has 1 N–H and O–H groups in total. The van der Waals surface area contributed by atoms with Crippen LogP contribution in [0.4, 0.5) is 0 Å². The maximum atomic E-state index is 11.0. The lowest BCUT2D eigenvalue weighted by molar-refractivity contribution is 0.0697. The first kappa shape index (κ1) is 14.5. The quantitative estimate of drug-likeness (QED) is 0.835. The van der Waals surface area contributed by atoms with Gasteiger partial charge in [-0.05, 0) is 44.3 Å². The van der Waals surface area contributed by atoms with Gasteiger partial charge in [-0.3, -0.25) is 0 Å². The normalized spacial score (nSPS) is 11.3. The fourth-order valence-electron chi connectivity index (χ4n) is 2.25. The minimum absolute atomic E-state index is 0.268. The summed E-state index contributed by atoms with van der Waals surface area (Å²) in [7, 11) is 0. The predicted octanol–water partition coefficient (Wildman–Crippen LogP) is 1.86. The van der Waals surface area contributed by atoms with Gasteiger partial charge in [0.1, 0.15) is 5.52 Å². The SMILES string of the molecule is CCN(CC)CCCn1nnc2ccc(C(=O)O)cc21. The molecule has 0 spiro atoms. The van der Waals surface area contributed by atoms with Crippen LogP contribution in [0.2, 0.25) is 0 Å². The summed E-state index contributed by atoms with van der Waals surface area (Å²) in [5.41, 5.74) is 1.78. The van der Waals surface area contributed by atoms with Crippen LogP contribution < -0.4 is 0 Å². The number of aromatic nitrogens is 3. The molecule has 0 radical (unpaired) electrons. The molecular formula is C14H20N4O2. The van der Waals surface area contributed by atoms with E-state index in [-0.39, 0.29) is 5.56 Å². The Labute approximate surface area is 118 Å². The van der Waals surface area contributed by atoms with Crippen molar-refractivity contribution in [1.29, 1.82) is 0 Å². The summed E-state index contributed by atoms with van der Waals surface area (Å²) in [6.45, 7) is 8.12. The predicted molar refractivity (Wildman–Crippen MR) is 76.9 cm³/mol. The van der Waals surface area contributed by atoms with Crippen LogP contribution >= 0.6 is 0 Å². The molecule has 0 saturated heterocycles. The summed E-state index contributed by atoms with van der Waals surface area (Å²) in [6.07, 6.45) is 0.970. The summed E-state index contributed by atoms with van der Waals surface area (Å²) >= 11 is 0. The zero-order valence-electron chi connectivity index (χ0n) is 11.9. The highest BCUT2D eigenvalue weighted by atomic mass is 16.4. The van der Waals surface area contributed by atoms with E-state index in [1.165, 1.54) is 0 Å². The molecule has 0 atom stereocenters. The van der Waals surface area contributed by atoms with E-state index in [1.807, 2.05) is 0 Å². The monoisotopic (exact) mass is 276 g/mol. The first-order valence-corrected chi connectivity index (χ1v) is 6.94. The Hall–Kier alpha value is -1.95. The summed E-state index contributed by atoms with van der Waals surface area (Å²) in [4.78, 5) is 13.4. The van der Waals surface area contributed by atoms with E-state index in [2.05, 4.69) is 29.1 Å². The standard InChI is InChI=1S/C14H20N4O2/c1-3-17(4-2)8-5-9-18-13-10-11(14(19)20)6-7-12(13)15-16-18/h6-7,10H,3-5,8-9H2,1-2H3,(H,19,20). The molecule has 6 nitrogen and oxygen atoms in total. The van der Waals surface area contributed by atoms with Gasteiger partial charge in [0.25, 0.3) is 0 Å². The smallest absolute Gasteiger partial charge is 0.335 e. The van der Waals surface area contributed by atoms with Crippen molar-refractivity contribution >= 4 is 17.0 Å². The van der Waals surface area contributed by atoms with E-state index in [0.717, 1.165) is 43.6 Å². The summed E-state index contributed by atoms with van der Waals surface area (Å²) in [5.74, 6) is -0.928. The maximum Gasteiger partial charge on any atom is 0.335 e. The van der Waals surface area contributed by atoms with Crippen LogP contribution in [0.1, 0.15) is 30.6 Å². The second-order valence-electron chi connectivity index (χ2n) is 4.70. The number of rotatable bonds is 7. The van der Waals surface area contributed by atoms with Crippen LogP contribution in [0.25, 0.3) is 11.0 Å². The van der Waals surface area contributed by atoms with E-state index in [4.69, 9.17) is 5.11 Å². The minimum Gasteiger partial charge on any atom is -0.478 e. The van der Waals surface area contributed by atoms with Crippen LogP contribution in [-0.4, -0.2) is 50.6 Å². The number of carboxylic acids is 1. The second kappa shape index (κ2) is 6.47. The topological polar surface area (TPSA) is 71.2 Å². The Balaban J connectivity index is 2.10. The summed E-state index contributed by atoms with van der Waals surface area (Å²) in [6, 6.07) is 4.89. The van der Waals surface area contributed by atoms with Crippen molar-refractivity contribution in [3.63, 3.8) is 0 Å². The third-order valence-corrected chi connectivity index (χ3v) is 3.50. The second-order valence-corrected chi connectivity index (χ2v) is 4.70. The van der Waals surface area contributed by atoms with E-state index in [0.29, 0.717) is 0 Å². The van der Waals surface area contributed by atoms with Gasteiger partial charge in [0.15, 0.2) is 0 Å². The number of aromatic carboxylic acids is 1. The number of fused-ring (bicyclic) bond motifs is 1. The summed E-state index contributed by atoms with van der Waals surface area (Å²) in [5, 5.41) is 17.2. The molecule has 0 unspecified atom stereocenters. The summed E-state index contributed by atoms with van der Waals surface area (Å²) < 4.78 is 1.78. The molecule has 0 bridgehead atoms. The van der Waals surface area contributed by atoms with Gasteiger partial charge in [0, 0.05) is 6.54 Å². The number of hydrogen-bond donors (Lipinski definition) is 1. The maximum absolute atomic E-state index is 11.0. The molecule has 0 amide bonds. The van der Waals surface area contributed by atoms with Crippen LogP contribution in [-0.2, 0) is 6.54 Å². The molecule has 0 fully saturated rings. The van der Waals surface area contributed by atoms with Gasteiger partial charge >= 0.3 is 5.97 Å². The first-order chi connectivity index (χ1) is 9.65. The molecule has 2 rings (SSSR count). The number of benzene rings is 1. The number of hydrogen-bond acceptors (Lipinski definition) is 4. The Morgan fingerprint density at radius 1 is 1.35 bits per heavy atom. The van der Waals surface area contributed by atoms with Gasteiger partial charge in [-0.1, -0.05) is 19.1 Å². The van der Waals surface area contributed by atoms with Crippen molar-refractivity contribution < 1.29 is 9.90 Å². The third-order valence-electron chi connectivity index (χ3n) is 3.50. The molecule has 0 aliphatic rings. The Morgan fingerprint density at radius 2 is 2.10 bits per heavy atom. The molecule has 1 aromatic heterocycles. The molecule has 108 valence electrons. The first-order valence-electron chi connectivity index (χ1n) is 6.94. The van der Waals surface area contributed by atoms with Gasteiger partial charge in [-0.15, -0.1) is 5.10 Å². The van der Waals surface area contributed by atoms with Crippen LogP contribution in [0.3, 0.4) is 0 Å². The van der Waals surface area contributed by atoms with Crippen LogP contribution in [0.15, 0.2) is 18.2 Å². The lowest BCUT2D eigenvalue weighted by atomic mass is 10.2. The average Bonchev–Trinajstić information content (AvgIpc) is 2.86. The van der Waals surface area contributed by atoms with Gasteiger partial charge in [-0.2, -0.15) is 0 Å². The average molecular weight is 276 g/mol. The zero-order chi connectivity index (χ0) is 14.5. The molecule has 0 saturated carbocycles. The molecular weight excluding hydrogens is 256 g/mol. The highest BCUT2D eigenvalue weighted by Gasteiger charge is 2.09. The van der Waals surface area contributed by atoms with Crippen molar-refractivity contribution in [3.8, 4) is 0 Å². The van der Waals surface area contributed by atoms with Gasteiger partial charge < -0.3 is 10.0 Å². The highest BCUT2D eigenvalue weighted by molar-refractivity contribution is 5.92. The minimum atomic E-state index is -0.928. The molecule has 6 heteroatoms. The molecule has 1 heterocycles. The van der Waals surface area contributed by atoms with Crippen LogP contribution in [0, 0.1) is 0 Å². The van der Waals surface area contributed by atoms with Crippen molar-refractivity contribution in [2.75, 3.05) is 19.6 Å². The third kappa shape index (κ3) is 3.14. The van der Waals surface area contributed by atoms with E-state index >= 15 is 0 Å². The highest BCUT2D eigenvalue weighted by Crippen LogP contribution is 2.14. The molecule has 2 aromatic rings. The van der Waals surface area contributed by atoms with Gasteiger partial charge in [-0.25, -0.2) is 9.48 Å². The van der Waals surface area contributed by atoms with E-state index in [9.17, 15) is 4.79 Å². The molecule has 20 heavy (non-hydrogen) atoms. The Kier molecular flexibility index (Phi) is 4.68. The molecule has 0 aliphatic heterocycles. The molecule has 1 aromatic carbocycles. The largest absolute Gasteiger partial charge is 0.478 e. The van der Waals surface area contributed by atoms with E-state index < -0.39 is 5.97 Å². The number of carbonyl (C=O) groups is 1. The Bertz CT molecular complexity index is 590. The number of carboxylic acid groups (broad SMARTS) is 1. The fourth-order valence-corrected chi connectivity index (χ4v) is 2.25. The fraction of sp³-hybridized carbons (Fsp3) is 0.500. The van der Waals surface area contributed by atoms with Crippen molar-refractivity contribution in [2.45, 2.75) is 26.8 Å². The number of aryl methyl sites for hydroxylation is 1. The van der Waals surface area contributed by atoms with Crippen molar-refractivity contribution in [1.82, 2.24) is 19.9 Å².